The summed E-state index contributed by atoms with van der Waals surface area (Å²) in [5.74, 6) is -0.0261. The first-order valence-electron chi connectivity index (χ1n) is 5.13. The maximum atomic E-state index is 11.0. The summed E-state index contributed by atoms with van der Waals surface area (Å²) in [6, 6.07) is 3.95. The van der Waals surface area contributed by atoms with Gasteiger partial charge in [0.25, 0.3) is 0 Å². The average molecular weight is 247 g/mol. The van der Waals surface area contributed by atoms with Gasteiger partial charge in [0.1, 0.15) is 17.7 Å². The fourth-order valence-corrected chi connectivity index (χ4v) is 2.53. The van der Waals surface area contributed by atoms with Gasteiger partial charge in [0.05, 0.1) is 10.6 Å². The molecule has 6 nitrogen and oxygen atoms in total. The normalized spacial score (nSPS) is 15.5. The fourth-order valence-electron chi connectivity index (χ4n) is 1.58. The van der Waals surface area contributed by atoms with E-state index in [2.05, 4.69) is 20.6 Å². The van der Waals surface area contributed by atoms with E-state index in [0.717, 1.165) is 15.6 Å². The van der Waals surface area contributed by atoms with E-state index >= 15 is 0 Å². The highest BCUT2D eigenvalue weighted by molar-refractivity contribution is 7.16. The molecule has 0 bridgehead atoms. The summed E-state index contributed by atoms with van der Waals surface area (Å²) in [6.07, 6.45) is 4.33. The lowest BCUT2D eigenvalue weighted by Crippen LogP contribution is -2.25. The predicted octanol–water partition coefficient (Wildman–Crippen LogP) is 0.943. The zero-order valence-electron chi connectivity index (χ0n) is 8.83. The first-order chi connectivity index (χ1) is 8.33. The van der Waals surface area contributed by atoms with Gasteiger partial charge in [0, 0.05) is 12.8 Å². The van der Waals surface area contributed by atoms with Gasteiger partial charge in [-0.3, -0.25) is 4.79 Å². The minimum Gasteiger partial charge on any atom is -0.273 e. The molecule has 0 aliphatic carbocycles. The SMILES string of the molecule is O=C1CCC(c2ccc(-n3cncn3)s2)=NN1. The summed E-state index contributed by atoms with van der Waals surface area (Å²) in [7, 11) is 0. The van der Waals surface area contributed by atoms with E-state index in [9.17, 15) is 4.79 Å². The number of carbonyl (C=O) groups excluding carboxylic acids is 1. The molecular formula is C10H9N5OS. The van der Waals surface area contributed by atoms with Crippen LogP contribution in [-0.4, -0.2) is 26.4 Å². The van der Waals surface area contributed by atoms with E-state index in [0.29, 0.717) is 12.8 Å². The molecule has 2 aromatic heterocycles. The van der Waals surface area contributed by atoms with Gasteiger partial charge in [0.15, 0.2) is 0 Å². The van der Waals surface area contributed by atoms with Crippen molar-refractivity contribution in [3.63, 3.8) is 0 Å². The van der Waals surface area contributed by atoms with Crippen LogP contribution in [0.3, 0.4) is 0 Å². The van der Waals surface area contributed by atoms with Crippen molar-refractivity contribution in [2.75, 3.05) is 0 Å². The van der Waals surface area contributed by atoms with Crippen LogP contribution >= 0.6 is 11.3 Å². The Morgan fingerprint density at radius 1 is 1.35 bits per heavy atom. The molecule has 17 heavy (non-hydrogen) atoms. The number of carbonyl (C=O) groups is 1. The van der Waals surface area contributed by atoms with Gasteiger partial charge >= 0.3 is 0 Å². The van der Waals surface area contributed by atoms with E-state index in [1.54, 1.807) is 22.3 Å². The number of nitrogens with one attached hydrogen (secondary N) is 1. The van der Waals surface area contributed by atoms with Gasteiger partial charge in [-0.25, -0.2) is 15.1 Å². The van der Waals surface area contributed by atoms with Crippen LogP contribution in [0.5, 0.6) is 0 Å². The third-order valence-electron chi connectivity index (χ3n) is 2.43. The van der Waals surface area contributed by atoms with Crippen LogP contribution in [0.4, 0.5) is 0 Å². The summed E-state index contributed by atoms with van der Waals surface area (Å²) >= 11 is 1.58. The highest BCUT2D eigenvalue weighted by Crippen LogP contribution is 2.22. The van der Waals surface area contributed by atoms with Crippen molar-refractivity contribution in [3.8, 4) is 5.00 Å². The molecule has 1 aliphatic rings. The van der Waals surface area contributed by atoms with Crippen molar-refractivity contribution in [1.82, 2.24) is 20.2 Å². The number of hydrogen-bond acceptors (Lipinski definition) is 5. The van der Waals surface area contributed by atoms with Gasteiger partial charge < -0.3 is 0 Å². The lowest BCUT2D eigenvalue weighted by molar-refractivity contribution is -0.121. The number of thiophene rings is 1. The van der Waals surface area contributed by atoms with E-state index in [1.807, 2.05) is 12.1 Å². The second-order valence-corrected chi connectivity index (χ2v) is 4.63. The number of amides is 1. The standard InChI is InChI=1S/C10H9N5OS/c16-9-3-1-7(13-14-9)8-2-4-10(17-8)15-6-11-5-12-15/h2,4-6H,1,3H2,(H,14,16). The van der Waals surface area contributed by atoms with Gasteiger partial charge in [-0.2, -0.15) is 10.2 Å². The molecule has 0 unspecified atom stereocenters. The zero-order valence-corrected chi connectivity index (χ0v) is 9.65. The summed E-state index contributed by atoms with van der Waals surface area (Å²) in [6.45, 7) is 0. The molecule has 1 aliphatic heterocycles. The van der Waals surface area contributed by atoms with Crippen LogP contribution in [0.25, 0.3) is 5.00 Å². The largest absolute Gasteiger partial charge is 0.273 e. The number of rotatable bonds is 2. The molecule has 0 saturated carbocycles. The highest BCUT2D eigenvalue weighted by atomic mass is 32.1. The number of nitrogens with zero attached hydrogens (tertiary/aromatic N) is 4. The molecular weight excluding hydrogens is 238 g/mol. The second kappa shape index (κ2) is 4.10. The Morgan fingerprint density at radius 3 is 3.00 bits per heavy atom. The average Bonchev–Trinajstić information content (AvgIpc) is 3.00. The Bertz CT molecular complexity index is 571. The van der Waals surface area contributed by atoms with Crippen molar-refractivity contribution in [3.05, 3.63) is 29.7 Å². The van der Waals surface area contributed by atoms with Crippen molar-refractivity contribution in [2.45, 2.75) is 12.8 Å². The number of hydrogen-bond donors (Lipinski definition) is 1. The predicted molar refractivity (Wildman–Crippen MR) is 63.1 cm³/mol. The van der Waals surface area contributed by atoms with Crippen LogP contribution in [0.15, 0.2) is 29.9 Å². The van der Waals surface area contributed by atoms with Crippen LogP contribution < -0.4 is 5.43 Å². The molecule has 7 heteroatoms. The minimum absolute atomic E-state index is 0.0261. The molecule has 86 valence electrons. The Labute approximate surface area is 101 Å². The smallest absolute Gasteiger partial charge is 0.240 e. The topological polar surface area (TPSA) is 72.2 Å². The monoisotopic (exact) mass is 247 g/mol. The molecule has 0 saturated heterocycles. The van der Waals surface area contributed by atoms with E-state index in [1.165, 1.54) is 6.33 Å². The maximum Gasteiger partial charge on any atom is 0.240 e. The molecule has 2 aromatic rings. The minimum atomic E-state index is -0.0261. The van der Waals surface area contributed by atoms with Crippen LogP contribution in [-0.2, 0) is 4.79 Å². The lowest BCUT2D eigenvalue weighted by Gasteiger charge is -2.09. The molecule has 1 N–H and O–H groups in total. The lowest BCUT2D eigenvalue weighted by atomic mass is 10.1. The molecule has 3 rings (SSSR count). The van der Waals surface area contributed by atoms with Crippen molar-refractivity contribution in [2.24, 2.45) is 5.10 Å². The van der Waals surface area contributed by atoms with Gasteiger partial charge in [-0.15, -0.1) is 11.3 Å². The number of aromatic nitrogens is 3. The van der Waals surface area contributed by atoms with Crippen molar-refractivity contribution in [1.29, 1.82) is 0 Å². The van der Waals surface area contributed by atoms with Gasteiger partial charge in [0.2, 0.25) is 5.91 Å². The Balaban J connectivity index is 1.88. The molecule has 0 atom stereocenters. The van der Waals surface area contributed by atoms with E-state index in [4.69, 9.17) is 0 Å². The third-order valence-corrected chi connectivity index (χ3v) is 3.55. The molecule has 1 amide bonds. The first-order valence-corrected chi connectivity index (χ1v) is 5.95. The van der Waals surface area contributed by atoms with Gasteiger partial charge in [-0.05, 0) is 12.1 Å². The molecule has 0 aromatic carbocycles. The molecule has 3 heterocycles. The number of hydrazone groups is 1. The fraction of sp³-hybridized carbons (Fsp3) is 0.200. The summed E-state index contributed by atoms with van der Waals surface area (Å²) in [4.78, 5) is 15.9. The second-order valence-electron chi connectivity index (χ2n) is 3.57. The quantitative estimate of drug-likeness (QED) is 0.858. The highest BCUT2D eigenvalue weighted by Gasteiger charge is 2.15. The van der Waals surface area contributed by atoms with Crippen LogP contribution in [0.1, 0.15) is 17.7 Å². The van der Waals surface area contributed by atoms with Crippen LogP contribution in [0.2, 0.25) is 0 Å². The van der Waals surface area contributed by atoms with Crippen molar-refractivity contribution >= 4 is 23.0 Å². The van der Waals surface area contributed by atoms with E-state index < -0.39 is 0 Å². The maximum absolute atomic E-state index is 11.0. The first kappa shape index (κ1) is 10.2. The Morgan fingerprint density at radius 2 is 2.29 bits per heavy atom. The summed E-state index contributed by atoms with van der Waals surface area (Å²) < 4.78 is 1.70. The molecule has 0 spiro atoms. The van der Waals surface area contributed by atoms with Crippen molar-refractivity contribution < 1.29 is 4.79 Å². The van der Waals surface area contributed by atoms with Crippen LogP contribution in [0, 0.1) is 0 Å². The summed E-state index contributed by atoms with van der Waals surface area (Å²) in [5.41, 5.74) is 3.41. The molecule has 0 fully saturated rings. The Hall–Kier alpha value is -2.02. The molecule has 0 radical (unpaired) electrons. The van der Waals surface area contributed by atoms with E-state index in [-0.39, 0.29) is 5.91 Å². The Kier molecular flexibility index (Phi) is 2.45. The summed E-state index contributed by atoms with van der Waals surface area (Å²) in [5, 5.41) is 9.10. The van der Waals surface area contributed by atoms with Gasteiger partial charge in [-0.1, -0.05) is 0 Å². The zero-order chi connectivity index (χ0) is 11.7. The third kappa shape index (κ3) is 1.96.